The first-order valence-corrected chi connectivity index (χ1v) is 7.48. The van der Waals surface area contributed by atoms with Crippen molar-refractivity contribution in [2.45, 2.75) is 36.9 Å². The Hall–Kier alpha value is 0.270. The number of nitrogens with zero attached hydrogens (tertiary/aromatic N) is 1. The van der Waals surface area contributed by atoms with Crippen molar-refractivity contribution in [2.75, 3.05) is 32.4 Å². The Bertz CT molecular complexity index is 190. The van der Waals surface area contributed by atoms with Crippen molar-refractivity contribution in [3.8, 4) is 0 Å². The molecule has 88 valence electrons. The number of hydrogen-bond donors (Lipinski definition) is 1. The fourth-order valence-electron chi connectivity index (χ4n) is 2.45. The van der Waals surface area contributed by atoms with E-state index in [0.29, 0.717) is 4.75 Å². The third-order valence-electron chi connectivity index (χ3n) is 4.12. The molecule has 3 heteroatoms. The molecule has 0 amide bonds. The van der Waals surface area contributed by atoms with Gasteiger partial charge < -0.3 is 10.6 Å². The van der Waals surface area contributed by atoms with E-state index in [1.165, 1.54) is 51.7 Å². The topological polar surface area (TPSA) is 29.3 Å². The minimum absolute atomic E-state index is 0.399. The summed E-state index contributed by atoms with van der Waals surface area (Å²) in [5, 5.41) is 0. The number of nitrogens with two attached hydrogens (primary N) is 1. The second-order valence-corrected chi connectivity index (χ2v) is 6.44. The zero-order chi connectivity index (χ0) is 10.7. The van der Waals surface area contributed by atoms with E-state index < -0.39 is 0 Å². The van der Waals surface area contributed by atoms with Crippen LogP contribution in [-0.2, 0) is 0 Å². The standard InChI is InChI=1S/C12H24N2S/c1-15-12(10-13)5-8-14(9-6-12)7-4-11-2-3-11/h11H,2-10,13H2,1H3. The van der Waals surface area contributed by atoms with Gasteiger partial charge in [-0.25, -0.2) is 0 Å². The molecule has 0 bridgehead atoms. The predicted molar refractivity (Wildman–Crippen MR) is 68.3 cm³/mol. The highest BCUT2D eigenvalue weighted by Gasteiger charge is 2.32. The van der Waals surface area contributed by atoms with E-state index in [9.17, 15) is 0 Å². The smallest absolute Gasteiger partial charge is 0.0303 e. The molecule has 1 heterocycles. The van der Waals surface area contributed by atoms with Gasteiger partial charge in [0.25, 0.3) is 0 Å². The number of hydrogen-bond acceptors (Lipinski definition) is 3. The monoisotopic (exact) mass is 228 g/mol. The van der Waals surface area contributed by atoms with Crippen LogP contribution in [0.3, 0.4) is 0 Å². The number of rotatable bonds is 5. The molecule has 1 aliphatic heterocycles. The lowest BCUT2D eigenvalue weighted by molar-refractivity contribution is 0.197. The van der Waals surface area contributed by atoms with Gasteiger partial charge in [-0.05, 0) is 51.1 Å². The summed E-state index contributed by atoms with van der Waals surface area (Å²) in [5.74, 6) is 1.08. The molecule has 1 saturated heterocycles. The Kier molecular flexibility index (Phi) is 3.97. The Balaban J connectivity index is 1.70. The highest BCUT2D eigenvalue weighted by atomic mass is 32.2. The van der Waals surface area contributed by atoms with Gasteiger partial charge in [0.2, 0.25) is 0 Å². The summed E-state index contributed by atoms with van der Waals surface area (Å²) in [5.41, 5.74) is 5.89. The molecule has 2 N–H and O–H groups in total. The molecule has 15 heavy (non-hydrogen) atoms. The van der Waals surface area contributed by atoms with E-state index in [2.05, 4.69) is 11.2 Å². The second-order valence-electron chi connectivity index (χ2n) is 5.16. The Morgan fingerprint density at radius 2 is 2.00 bits per heavy atom. The van der Waals surface area contributed by atoms with Gasteiger partial charge in [-0.1, -0.05) is 12.8 Å². The molecule has 0 spiro atoms. The van der Waals surface area contributed by atoms with Crippen LogP contribution in [0.25, 0.3) is 0 Å². The zero-order valence-electron chi connectivity index (χ0n) is 9.87. The highest BCUT2D eigenvalue weighted by Crippen LogP contribution is 2.35. The largest absolute Gasteiger partial charge is 0.329 e. The van der Waals surface area contributed by atoms with Crippen LogP contribution in [0.4, 0.5) is 0 Å². The van der Waals surface area contributed by atoms with Gasteiger partial charge in [0, 0.05) is 11.3 Å². The van der Waals surface area contributed by atoms with Crippen LogP contribution in [-0.4, -0.2) is 42.1 Å². The maximum atomic E-state index is 5.89. The highest BCUT2D eigenvalue weighted by molar-refractivity contribution is 8.00. The SMILES string of the molecule is CSC1(CN)CCN(CCC2CC2)CC1. The molecule has 0 aromatic carbocycles. The van der Waals surface area contributed by atoms with Gasteiger partial charge in [0.05, 0.1) is 0 Å². The Morgan fingerprint density at radius 1 is 1.33 bits per heavy atom. The average Bonchev–Trinajstić information content (AvgIpc) is 3.11. The molecule has 2 fully saturated rings. The van der Waals surface area contributed by atoms with E-state index in [1.807, 2.05) is 11.8 Å². The van der Waals surface area contributed by atoms with Gasteiger partial charge in [0.1, 0.15) is 0 Å². The van der Waals surface area contributed by atoms with Gasteiger partial charge in [-0.3, -0.25) is 0 Å². The fraction of sp³-hybridized carbons (Fsp3) is 1.00. The third kappa shape index (κ3) is 3.11. The summed E-state index contributed by atoms with van der Waals surface area (Å²) < 4.78 is 0.399. The molecule has 1 aliphatic carbocycles. The van der Waals surface area contributed by atoms with E-state index in [-0.39, 0.29) is 0 Å². The van der Waals surface area contributed by atoms with Crippen molar-refractivity contribution < 1.29 is 0 Å². The van der Waals surface area contributed by atoms with Crippen LogP contribution in [0.5, 0.6) is 0 Å². The molecule has 0 aromatic rings. The first-order valence-electron chi connectivity index (χ1n) is 6.25. The Labute approximate surface area is 98.0 Å². The summed E-state index contributed by atoms with van der Waals surface area (Å²) in [4.78, 5) is 2.64. The second kappa shape index (κ2) is 5.07. The van der Waals surface area contributed by atoms with E-state index in [0.717, 1.165) is 12.5 Å². The maximum Gasteiger partial charge on any atom is 0.0303 e. The molecule has 2 aliphatic rings. The maximum absolute atomic E-state index is 5.89. The van der Waals surface area contributed by atoms with E-state index >= 15 is 0 Å². The zero-order valence-corrected chi connectivity index (χ0v) is 10.7. The summed E-state index contributed by atoms with van der Waals surface area (Å²) in [6.07, 6.45) is 9.21. The van der Waals surface area contributed by atoms with Crippen molar-refractivity contribution in [3.63, 3.8) is 0 Å². The molecule has 2 rings (SSSR count). The van der Waals surface area contributed by atoms with Crippen LogP contribution in [0, 0.1) is 5.92 Å². The molecule has 2 nitrogen and oxygen atoms in total. The molecule has 0 unspecified atom stereocenters. The van der Waals surface area contributed by atoms with Crippen molar-refractivity contribution in [3.05, 3.63) is 0 Å². The number of likely N-dealkylation sites (tertiary alicyclic amines) is 1. The lowest BCUT2D eigenvalue weighted by Crippen LogP contribution is -2.46. The summed E-state index contributed by atoms with van der Waals surface area (Å²) >= 11 is 1.98. The summed E-state index contributed by atoms with van der Waals surface area (Å²) in [6.45, 7) is 4.72. The average molecular weight is 228 g/mol. The fourth-order valence-corrected chi connectivity index (χ4v) is 3.20. The van der Waals surface area contributed by atoms with Crippen molar-refractivity contribution in [1.82, 2.24) is 4.90 Å². The van der Waals surface area contributed by atoms with Crippen molar-refractivity contribution in [1.29, 1.82) is 0 Å². The minimum Gasteiger partial charge on any atom is -0.329 e. The first-order chi connectivity index (χ1) is 7.28. The lowest BCUT2D eigenvalue weighted by Gasteiger charge is -2.40. The summed E-state index contributed by atoms with van der Waals surface area (Å²) in [7, 11) is 0. The van der Waals surface area contributed by atoms with Gasteiger partial charge in [0.15, 0.2) is 0 Å². The first kappa shape index (κ1) is 11.7. The predicted octanol–water partition coefficient (Wildman–Crippen LogP) is 1.94. The minimum atomic E-state index is 0.399. The van der Waals surface area contributed by atoms with Crippen LogP contribution in [0.2, 0.25) is 0 Å². The van der Waals surface area contributed by atoms with E-state index in [1.54, 1.807) is 0 Å². The van der Waals surface area contributed by atoms with Crippen LogP contribution in [0.1, 0.15) is 32.1 Å². The molecule has 0 atom stereocenters. The van der Waals surface area contributed by atoms with Gasteiger partial charge in [-0.2, -0.15) is 11.8 Å². The number of thioether (sulfide) groups is 1. The van der Waals surface area contributed by atoms with Crippen molar-refractivity contribution >= 4 is 11.8 Å². The van der Waals surface area contributed by atoms with Crippen LogP contribution in [0.15, 0.2) is 0 Å². The van der Waals surface area contributed by atoms with Crippen LogP contribution >= 0.6 is 11.8 Å². The molecule has 0 aromatic heterocycles. The molecule has 0 radical (unpaired) electrons. The molecule has 1 saturated carbocycles. The third-order valence-corrected chi connectivity index (χ3v) is 5.56. The quantitative estimate of drug-likeness (QED) is 0.780. The van der Waals surface area contributed by atoms with Crippen molar-refractivity contribution in [2.24, 2.45) is 11.7 Å². The molecular weight excluding hydrogens is 204 g/mol. The van der Waals surface area contributed by atoms with Gasteiger partial charge >= 0.3 is 0 Å². The lowest BCUT2D eigenvalue weighted by atomic mass is 9.95. The van der Waals surface area contributed by atoms with Gasteiger partial charge in [-0.15, -0.1) is 0 Å². The summed E-state index contributed by atoms with van der Waals surface area (Å²) in [6, 6.07) is 0. The molecular formula is C12H24N2S. The Morgan fingerprint density at radius 3 is 2.47 bits per heavy atom. The van der Waals surface area contributed by atoms with E-state index in [4.69, 9.17) is 5.73 Å². The normalized spacial score (nSPS) is 26.8. The van der Waals surface area contributed by atoms with Crippen LogP contribution < -0.4 is 5.73 Å². The number of piperidine rings is 1.